The first-order valence-corrected chi connectivity index (χ1v) is 5.77. The third kappa shape index (κ3) is 3.52. The van der Waals surface area contributed by atoms with Crippen molar-refractivity contribution in [2.45, 2.75) is 6.54 Å². The number of pyridine rings is 1. The van der Waals surface area contributed by atoms with Crippen LogP contribution in [0.3, 0.4) is 0 Å². The monoisotopic (exact) mass is 272 g/mol. The lowest BCUT2D eigenvalue weighted by Crippen LogP contribution is -2.23. The molecule has 0 unspecified atom stereocenters. The number of aliphatic carboxylic acids is 1. The Morgan fingerprint density at radius 1 is 1.35 bits per heavy atom. The van der Waals surface area contributed by atoms with Gasteiger partial charge >= 0.3 is 5.97 Å². The molecule has 0 saturated heterocycles. The third-order valence-electron chi connectivity index (χ3n) is 2.50. The van der Waals surface area contributed by atoms with Crippen molar-refractivity contribution in [3.63, 3.8) is 0 Å². The van der Waals surface area contributed by atoms with Gasteiger partial charge in [-0.05, 0) is 12.1 Å². The lowest BCUT2D eigenvalue weighted by Gasteiger charge is -2.06. The highest BCUT2D eigenvalue weighted by Crippen LogP contribution is 2.09. The van der Waals surface area contributed by atoms with Gasteiger partial charge in [0.1, 0.15) is 0 Å². The average Bonchev–Trinajstić information content (AvgIpc) is 2.96. The van der Waals surface area contributed by atoms with Crippen LogP contribution in [0.15, 0.2) is 37.1 Å². The van der Waals surface area contributed by atoms with Gasteiger partial charge in [0, 0.05) is 35.8 Å². The van der Waals surface area contributed by atoms with Crippen LogP contribution in [0.1, 0.15) is 21.6 Å². The lowest BCUT2D eigenvalue weighted by molar-refractivity contribution is -0.131. The lowest BCUT2D eigenvalue weighted by atomic mass is 10.1. The molecule has 2 aromatic heterocycles. The summed E-state index contributed by atoms with van der Waals surface area (Å²) in [5, 5.41) is 11.3. The Labute approximate surface area is 114 Å². The van der Waals surface area contributed by atoms with E-state index in [-0.39, 0.29) is 5.91 Å². The van der Waals surface area contributed by atoms with Crippen molar-refractivity contribution in [1.29, 1.82) is 0 Å². The summed E-state index contributed by atoms with van der Waals surface area (Å²) < 4.78 is 0. The molecule has 0 spiro atoms. The predicted octanol–water partition coefficient (Wildman–Crippen LogP) is 0.833. The summed E-state index contributed by atoms with van der Waals surface area (Å²) in [5.74, 6) is -1.40. The number of carbonyl (C=O) groups excluding carboxylic acids is 1. The number of aromatic nitrogens is 3. The summed E-state index contributed by atoms with van der Waals surface area (Å²) in [6, 6.07) is 1.53. The van der Waals surface area contributed by atoms with Gasteiger partial charge in [-0.3, -0.25) is 9.78 Å². The molecular formula is C13H12N4O3. The van der Waals surface area contributed by atoms with E-state index in [9.17, 15) is 9.59 Å². The van der Waals surface area contributed by atoms with E-state index in [1.54, 1.807) is 6.20 Å². The first kappa shape index (κ1) is 13.5. The number of amides is 1. The fraction of sp³-hybridized carbons (Fsp3) is 0.0769. The van der Waals surface area contributed by atoms with Crippen molar-refractivity contribution in [3.8, 4) is 0 Å². The Kier molecular flexibility index (Phi) is 4.23. The topological polar surface area (TPSA) is 108 Å². The Bertz CT molecular complexity index is 635. The summed E-state index contributed by atoms with van der Waals surface area (Å²) >= 11 is 0. The largest absolute Gasteiger partial charge is 0.478 e. The molecular weight excluding hydrogens is 260 g/mol. The van der Waals surface area contributed by atoms with E-state index in [1.807, 2.05) is 0 Å². The van der Waals surface area contributed by atoms with E-state index >= 15 is 0 Å². The summed E-state index contributed by atoms with van der Waals surface area (Å²) in [6.07, 6.45) is 8.34. The number of hydrogen-bond acceptors (Lipinski definition) is 4. The molecule has 0 bridgehead atoms. The second-order valence-electron chi connectivity index (χ2n) is 3.89. The fourth-order valence-corrected chi connectivity index (χ4v) is 1.56. The number of carbonyl (C=O) groups is 2. The predicted molar refractivity (Wildman–Crippen MR) is 70.7 cm³/mol. The van der Waals surface area contributed by atoms with E-state index in [4.69, 9.17) is 5.11 Å². The molecule has 102 valence electrons. The molecule has 0 aromatic carbocycles. The quantitative estimate of drug-likeness (QED) is 0.699. The van der Waals surface area contributed by atoms with Crippen LogP contribution >= 0.6 is 0 Å². The summed E-state index contributed by atoms with van der Waals surface area (Å²) in [7, 11) is 0. The molecule has 2 aromatic rings. The van der Waals surface area contributed by atoms with Gasteiger partial charge in [0.2, 0.25) is 0 Å². The maximum absolute atomic E-state index is 12.1. The van der Waals surface area contributed by atoms with Crippen molar-refractivity contribution in [3.05, 3.63) is 53.9 Å². The molecule has 0 fully saturated rings. The number of nitrogens with zero attached hydrogens (tertiary/aromatic N) is 2. The van der Waals surface area contributed by atoms with Gasteiger partial charge in [-0.1, -0.05) is 0 Å². The first-order valence-electron chi connectivity index (χ1n) is 5.77. The number of H-pyrrole nitrogens is 1. The van der Waals surface area contributed by atoms with Gasteiger partial charge in [-0.15, -0.1) is 0 Å². The molecule has 0 atom stereocenters. The minimum Gasteiger partial charge on any atom is -0.478 e. The Morgan fingerprint density at radius 3 is 2.90 bits per heavy atom. The molecule has 0 aliphatic rings. The second kappa shape index (κ2) is 6.28. The van der Waals surface area contributed by atoms with Crippen molar-refractivity contribution in [2.75, 3.05) is 0 Å². The zero-order valence-corrected chi connectivity index (χ0v) is 10.4. The van der Waals surface area contributed by atoms with E-state index in [0.29, 0.717) is 17.7 Å². The van der Waals surface area contributed by atoms with Crippen molar-refractivity contribution >= 4 is 18.0 Å². The molecule has 7 heteroatoms. The number of carboxylic acid groups (broad SMARTS) is 1. The highest BCUT2D eigenvalue weighted by atomic mass is 16.4. The fourth-order valence-electron chi connectivity index (χ4n) is 1.56. The van der Waals surface area contributed by atoms with Crippen molar-refractivity contribution in [2.24, 2.45) is 0 Å². The Balaban J connectivity index is 2.11. The van der Waals surface area contributed by atoms with Crippen molar-refractivity contribution < 1.29 is 14.7 Å². The highest BCUT2D eigenvalue weighted by Gasteiger charge is 2.09. The second-order valence-corrected chi connectivity index (χ2v) is 3.89. The Morgan fingerprint density at radius 2 is 2.20 bits per heavy atom. The molecule has 2 rings (SSSR count). The number of carboxylic acids is 1. The summed E-state index contributed by atoms with van der Waals surface area (Å²) in [6.45, 7) is 0.309. The molecule has 0 aliphatic heterocycles. The number of aromatic amines is 1. The highest BCUT2D eigenvalue weighted by molar-refractivity contribution is 5.98. The zero-order chi connectivity index (χ0) is 14.4. The van der Waals surface area contributed by atoms with Crippen LogP contribution in [0, 0.1) is 0 Å². The number of imidazole rings is 1. The Hall–Kier alpha value is -2.96. The van der Waals surface area contributed by atoms with Crippen LogP contribution in [0.25, 0.3) is 6.08 Å². The maximum Gasteiger partial charge on any atom is 0.328 e. The van der Waals surface area contributed by atoms with Crippen LogP contribution < -0.4 is 5.32 Å². The van der Waals surface area contributed by atoms with Gasteiger partial charge in [0.25, 0.3) is 5.91 Å². The van der Waals surface area contributed by atoms with Crippen LogP contribution in [-0.4, -0.2) is 31.9 Å². The van der Waals surface area contributed by atoms with Crippen LogP contribution in [-0.2, 0) is 11.3 Å². The third-order valence-corrected chi connectivity index (χ3v) is 2.50. The minimum absolute atomic E-state index is 0.309. The van der Waals surface area contributed by atoms with Gasteiger partial charge < -0.3 is 15.4 Å². The SMILES string of the molecule is O=C(O)C=Cc1cnccc1C(=O)NCc1cnc[nH]1. The molecule has 2 heterocycles. The smallest absolute Gasteiger partial charge is 0.328 e. The van der Waals surface area contributed by atoms with E-state index in [0.717, 1.165) is 11.8 Å². The standard InChI is InChI=1S/C13H12N4O3/c18-12(19)2-1-9-5-14-4-3-11(9)13(20)16-7-10-6-15-8-17-10/h1-6,8H,7H2,(H,15,17)(H,16,20)(H,18,19). The van der Waals surface area contributed by atoms with Gasteiger partial charge in [0.05, 0.1) is 18.6 Å². The molecule has 0 aliphatic carbocycles. The maximum atomic E-state index is 12.1. The van der Waals surface area contributed by atoms with Crippen LogP contribution in [0.5, 0.6) is 0 Å². The summed E-state index contributed by atoms with van der Waals surface area (Å²) in [5.41, 5.74) is 1.57. The van der Waals surface area contributed by atoms with E-state index in [1.165, 1.54) is 30.9 Å². The number of hydrogen-bond donors (Lipinski definition) is 3. The van der Waals surface area contributed by atoms with E-state index in [2.05, 4.69) is 20.3 Å². The van der Waals surface area contributed by atoms with E-state index < -0.39 is 5.97 Å². The van der Waals surface area contributed by atoms with Crippen LogP contribution in [0.2, 0.25) is 0 Å². The number of rotatable bonds is 5. The molecule has 20 heavy (non-hydrogen) atoms. The zero-order valence-electron chi connectivity index (χ0n) is 10.4. The van der Waals surface area contributed by atoms with Crippen molar-refractivity contribution in [1.82, 2.24) is 20.3 Å². The first-order chi connectivity index (χ1) is 9.66. The molecule has 0 radical (unpaired) electrons. The normalized spacial score (nSPS) is 10.6. The van der Waals surface area contributed by atoms with Gasteiger partial charge in [-0.25, -0.2) is 9.78 Å². The molecule has 1 amide bonds. The summed E-state index contributed by atoms with van der Waals surface area (Å²) in [4.78, 5) is 33.2. The van der Waals surface area contributed by atoms with Crippen LogP contribution in [0.4, 0.5) is 0 Å². The molecule has 7 nitrogen and oxygen atoms in total. The van der Waals surface area contributed by atoms with Gasteiger partial charge in [-0.2, -0.15) is 0 Å². The molecule has 3 N–H and O–H groups in total. The average molecular weight is 272 g/mol. The minimum atomic E-state index is -1.09. The van der Waals surface area contributed by atoms with Gasteiger partial charge in [0.15, 0.2) is 0 Å². The molecule has 0 saturated carbocycles. The number of nitrogens with one attached hydrogen (secondary N) is 2.